The second-order valence-electron chi connectivity index (χ2n) is 9.86. The fraction of sp³-hybridized carbons (Fsp3) is 0.310. The van der Waals surface area contributed by atoms with E-state index in [0.29, 0.717) is 51.2 Å². The molecule has 2 heterocycles. The molecule has 0 saturated carbocycles. The van der Waals surface area contributed by atoms with Crippen LogP contribution in [-0.2, 0) is 16.4 Å². The Bertz CT molecular complexity index is 1690. The van der Waals surface area contributed by atoms with Crippen LogP contribution in [0.4, 0.5) is 34.5 Å². The summed E-state index contributed by atoms with van der Waals surface area (Å²) in [6, 6.07) is 7.51. The molecule has 0 bridgehead atoms. The van der Waals surface area contributed by atoms with Crippen LogP contribution < -0.4 is 25.0 Å². The Morgan fingerprint density at radius 1 is 1.02 bits per heavy atom. The third-order valence-corrected chi connectivity index (χ3v) is 7.82. The molecule has 3 N–H and O–H groups in total. The van der Waals surface area contributed by atoms with Crippen LogP contribution in [-0.4, -0.2) is 80.9 Å². The molecule has 0 atom stereocenters. The van der Waals surface area contributed by atoms with Gasteiger partial charge < -0.3 is 25.6 Å². The van der Waals surface area contributed by atoms with Gasteiger partial charge >= 0.3 is 0 Å². The minimum atomic E-state index is -3.62. The van der Waals surface area contributed by atoms with E-state index in [2.05, 4.69) is 49.3 Å². The molecular formula is C29H37N9O3S. The molecular weight excluding hydrogens is 554 g/mol. The molecule has 12 nitrogen and oxygen atoms in total. The summed E-state index contributed by atoms with van der Waals surface area (Å²) >= 11 is 0. The van der Waals surface area contributed by atoms with Crippen LogP contribution in [0.25, 0.3) is 17.1 Å². The monoisotopic (exact) mass is 591 g/mol. The number of ether oxygens (including phenoxy) is 1. The number of nitrogens with zero attached hydrogens (tertiary/aromatic N) is 6. The molecule has 0 amide bonds. The number of sulfonamides is 1. The Labute approximate surface area is 246 Å². The van der Waals surface area contributed by atoms with Crippen molar-refractivity contribution in [2.75, 3.05) is 67.9 Å². The van der Waals surface area contributed by atoms with Gasteiger partial charge in [0.15, 0.2) is 0 Å². The molecule has 0 unspecified atom stereocenters. The minimum Gasteiger partial charge on any atom is -0.494 e. The Kier molecular flexibility index (Phi) is 9.43. The van der Waals surface area contributed by atoms with Crippen LogP contribution in [0.1, 0.15) is 18.1 Å². The van der Waals surface area contributed by atoms with Gasteiger partial charge in [0.25, 0.3) is 0 Å². The maximum atomic E-state index is 12.6. The Morgan fingerprint density at radius 2 is 1.79 bits per heavy atom. The fourth-order valence-electron chi connectivity index (χ4n) is 4.32. The van der Waals surface area contributed by atoms with E-state index in [0.717, 1.165) is 37.0 Å². The molecule has 0 fully saturated rings. The van der Waals surface area contributed by atoms with Gasteiger partial charge in [0, 0.05) is 56.0 Å². The zero-order valence-corrected chi connectivity index (χ0v) is 25.6. The van der Waals surface area contributed by atoms with E-state index >= 15 is 0 Å². The van der Waals surface area contributed by atoms with Crippen LogP contribution in [0, 0.1) is 0 Å². The highest BCUT2D eigenvalue weighted by Gasteiger charge is 2.22. The van der Waals surface area contributed by atoms with Gasteiger partial charge in [-0.3, -0.25) is 14.3 Å². The number of hydrogen-bond donors (Lipinski definition) is 3. The van der Waals surface area contributed by atoms with Gasteiger partial charge in [0.1, 0.15) is 22.8 Å². The molecule has 2 aromatic heterocycles. The fourth-order valence-corrected chi connectivity index (χ4v) is 4.84. The van der Waals surface area contributed by atoms with Crippen molar-refractivity contribution in [3.05, 3.63) is 60.6 Å². The summed E-state index contributed by atoms with van der Waals surface area (Å²) in [6.45, 7) is 7.68. The Balaban J connectivity index is 1.72. The topological polar surface area (TPSA) is 138 Å². The molecule has 0 aliphatic rings. The van der Waals surface area contributed by atoms with Gasteiger partial charge in [-0.05, 0) is 44.3 Å². The summed E-state index contributed by atoms with van der Waals surface area (Å²) in [5.41, 5.74) is 5.26. The first-order valence-corrected chi connectivity index (χ1v) is 15.2. The standard InChI is InChI=1S/C29H37N9O3S/c1-8-19-16-24(25(41-6)17-23(19)31-14-15-37(3)4)35-29-33-18-20(9-2)28(36-29)34-22-11-10-21-26(32-13-12-30-21)27(22)38(5)42(7,39)40/h9-13,16-18,31H,2,8,14-15H2,1,3-7H3,(H2,33,34,35,36). The number of aromatic nitrogens is 4. The van der Waals surface area contributed by atoms with E-state index in [1.165, 1.54) is 17.5 Å². The van der Waals surface area contributed by atoms with Crippen LogP contribution in [0.3, 0.4) is 0 Å². The molecule has 0 radical (unpaired) electrons. The number of likely N-dealkylation sites (N-methyl/N-ethyl adjacent to an activating group) is 1. The molecule has 4 aromatic rings. The molecule has 0 aliphatic heterocycles. The van der Waals surface area contributed by atoms with Crippen molar-refractivity contribution in [1.82, 2.24) is 24.8 Å². The smallest absolute Gasteiger partial charge is 0.232 e. The third-order valence-electron chi connectivity index (χ3n) is 6.64. The highest BCUT2D eigenvalue weighted by molar-refractivity contribution is 7.92. The molecule has 0 spiro atoms. The van der Waals surface area contributed by atoms with Gasteiger partial charge in [0.05, 0.1) is 30.3 Å². The van der Waals surface area contributed by atoms with E-state index in [9.17, 15) is 8.42 Å². The SMILES string of the molecule is C=Cc1cnc(Nc2cc(CC)c(NCCN(C)C)cc2OC)nc1Nc1ccc2nccnc2c1N(C)S(C)(=O)=O. The number of hydrogen-bond acceptors (Lipinski definition) is 11. The number of fused-ring (bicyclic) bond motifs is 1. The third kappa shape index (κ3) is 6.86. The van der Waals surface area contributed by atoms with Crippen molar-refractivity contribution in [2.24, 2.45) is 0 Å². The number of methoxy groups -OCH3 is 1. The van der Waals surface area contributed by atoms with Gasteiger partial charge in [-0.2, -0.15) is 4.98 Å². The molecule has 2 aromatic carbocycles. The van der Waals surface area contributed by atoms with Crippen molar-refractivity contribution < 1.29 is 13.2 Å². The Morgan fingerprint density at radius 3 is 2.45 bits per heavy atom. The number of anilines is 6. The van der Waals surface area contributed by atoms with E-state index in [1.54, 1.807) is 37.7 Å². The van der Waals surface area contributed by atoms with Gasteiger partial charge in [0.2, 0.25) is 16.0 Å². The number of rotatable bonds is 13. The normalized spacial score (nSPS) is 11.4. The average molecular weight is 592 g/mol. The van der Waals surface area contributed by atoms with Crippen molar-refractivity contribution in [3.63, 3.8) is 0 Å². The summed E-state index contributed by atoms with van der Waals surface area (Å²) in [4.78, 5) is 20.0. The summed E-state index contributed by atoms with van der Waals surface area (Å²) in [7, 11) is 3.55. The number of aryl methyl sites for hydroxylation is 1. The molecule has 42 heavy (non-hydrogen) atoms. The zero-order valence-electron chi connectivity index (χ0n) is 24.8. The summed E-state index contributed by atoms with van der Waals surface area (Å²) in [5, 5.41) is 10.0. The quantitative estimate of drug-likeness (QED) is 0.203. The molecule has 0 aliphatic carbocycles. The highest BCUT2D eigenvalue weighted by Crippen LogP contribution is 2.37. The van der Waals surface area contributed by atoms with Crippen molar-refractivity contribution in [3.8, 4) is 5.75 Å². The average Bonchev–Trinajstić information content (AvgIpc) is 2.96. The lowest BCUT2D eigenvalue weighted by Gasteiger charge is -2.22. The first kappa shape index (κ1) is 30.5. The number of nitrogens with one attached hydrogen (secondary N) is 3. The van der Waals surface area contributed by atoms with Crippen molar-refractivity contribution in [2.45, 2.75) is 13.3 Å². The van der Waals surface area contributed by atoms with E-state index in [4.69, 9.17) is 9.72 Å². The maximum absolute atomic E-state index is 12.6. The van der Waals surface area contributed by atoms with Crippen LogP contribution in [0.2, 0.25) is 0 Å². The highest BCUT2D eigenvalue weighted by atomic mass is 32.2. The summed E-state index contributed by atoms with van der Waals surface area (Å²) in [5.74, 6) is 1.37. The van der Waals surface area contributed by atoms with Crippen LogP contribution >= 0.6 is 0 Å². The van der Waals surface area contributed by atoms with Crippen LogP contribution in [0.5, 0.6) is 5.75 Å². The predicted octanol–water partition coefficient (Wildman–Crippen LogP) is 4.49. The molecule has 0 saturated heterocycles. The van der Waals surface area contributed by atoms with Gasteiger partial charge in [-0.25, -0.2) is 13.4 Å². The minimum absolute atomic E-state index is 0.315. The van der Waals surface area contributed by atoms with E-state index < -0.39 is 10.0 Å². The lowest BCUT2D eigenvalue weighted by molar-refractivity contribution is 0.416. The first-order chi connectivity index (χ1) is 20.0. The van der Waals surface area contributed by atoms with E-state index in [1.807, 2.05) is 26.2 Å². The maximum Gasteiger partial charge on any atom is 0.232 e. The predicted molar refractivity (Wildman–Crippen MR) is 171 cm³/mol. The first-order valence-electron chi connectivity index (χ1n) is 13.4. The summed E-state index contributed by atoms with van der Waals surface area (Å²) < 4.78 is 32.0. The van der Waals surface area contributed by atoms with Gasteiger partial charge in [-0.15, -0.1) is 0 Å². The molecule has 13 heteroatoms. The second kappa shape index (κ2) is 13.0. The van der Waals surface area contributed by atoms with E-state index in [-0.39, 0.29) is 0 Å². The van der Waals surface area contributed by atoms with Gasteiger partial charge in [-0.1, -0.05) is 19.6 Å². The lowest BCUT2D eigenvalue weighted by atomic mass is 10.1. The van der Waals surface area contributed by atoms with Crippen molar-refractivity contribution >= 4 is 61.6 Å². The Hall–Kier alpha value is -4.49. The largest absolute Gasteiger partial charge is 0.494 e. The molecule has 4 rings (SSSR count). The summed E-state index contributed by atoms with van der Waals surface area (Å²) in [6.07, 6.45) is 8.28. The second-order valence-corrected chi connectivity index (χ2v) is 11.9. The van der Waals surface area contributed by atoms with Crippen LogP contribution in [0.15, 0.2) is 49.4 Å². The zero-order chi connectivity index (χ0) is 30.4. The number of benzene rings is 2. The lowest BCUT2D eigenvalue weighted by Crippen LogP contribution is -2.26. The van der Waals surface area contributed by atoms with Crippen molar-refractivity contribution in [1.29, 1.82) is 0 Å². The molecule has 222 valence electrons.